The van der Waals surface area contributed by atoms with Crippen molar-refractivity contribution in [3.8, 4) is 11.8 Å². The topological polar surface area (TPSA) is 0 Å². The largest absolute Gasteiger partial charge is 0.206 e. The summed E-state index contributed by atoms with van der Waals surface area (Å²) in [5.74, 6) is 6.00. The van der Waals surface area contributed by atoms with E-state index >= 15 is 0 Å². The number of halogens is 2. The van der Waals surface area contributed by atoms with Gasteiger partial charge in [0.15, 0.2) is 0 Å². The molecule has 0 aliphatic rings. The summed E-state index contributed by atoms with van der Waals surface area (Å²) in [4.78, 5) is 0. The van der Waals surface area contributed by atoms with E-state index in [0.29, 0.717) is 22.2 Å². The van der Waals surface area contributed by atoms with E-state index in [4.69, 9.17) is 0 Å². The third-order valence-corrected chi connectivity index (χ3v) is 2.30. The van der Waals surface area contributed by atoms with Gasteiger partial charge in [-0.1, -0.05) is 17.9 Å². The van der Waals surface area contributed by atoms with Gasteiger partial charge in [-0.15, -0.1) is 0 Å². The Bertz CT molecular complexity index is 331. The molecule has 0 bridgehead atoms. The molecule has 0 saturated carbocycles. The van der Waals surface area contributed by atoms with E-state index in [1.165, 1.54) is 6.07 Å². The van der Waals surface area contributed by atoms with Gasteiger partial charge in [0, 0.05) is 16.6 Å². The molecule has 0 aromatic heterocycles. The van der Waals surface area contributed by atoms with Crippen molar-refractivity contribution in [1.29, 1.82) is 0 Å². The highest BCUT2D eigenvalue weighted by Gasteiger charge is 2.01. The van der Waals surface area contributed by atoms with Gasteiger partial charge in [0.25, 0.3) is 0 Å². The van der Waals surface area contributed by atoms with Gasteiger partial charge < -0.3 is 0 Å². The van der Waals surface area contributed by atoms with E-state index in [9.17, 15) is 4.39 Å². The monoisotopic (exact) mass is 258 g/mol. The standard InChI is InChI=1S/C10H8BrFS/c11-9-5-3-6-10(12)8(9)4-1-2-7-13/h3,5-6,13H,2,7H2. The predicted octanol–water partition coefficient (Wildman–Crippen LogP) is 3.26. The smallest absolute Gasteiger partial charge is 0.139 e. The van der Waals surface area contributed by atoms with Gasteiger partial charge >= 0.3 is 0 Å². The van der Waals surface area contributed by atoms with Crippen molar-refractivity contribution < 1.29 is 4.39 Å². The number of thiol groups is 1. The summed E-state index contributed by atoms with van der Waals surface area (Å²) in [7, 11) is 0. The molecular weight excluding hydrogens is 251 g/mol. The van der Waals surface area contributed by atoms with Gasteiger partial charge in [-0.3, -0.25) is 0 Å². The minimum absolute atomic E-state index is 0.291. The lowest BCUT2D eigenvalue weighted by molar-refractivity contribution is 0.623. The Morgan fingerprint density at radius 2 is 2.23 bits per heavy atom. The van der Waals surface area contributed by atoms with E-state index in [0.717, 1.165) is 0 Å². The van der Waals surface area contributed by atoms with Crippen molar-refractivity contribution in [3.63, 3.8) is 0 Å². The summed E-state index contributed by atoms with van der Waals surface area (Å²) < 4.78 is 13.8. The van der Waals surface area contributed by atoms with Crippen LogP contribution in [0.2, 0.25) is 0 Å². The highest BCUT2D eigenvalue weighted by molar-refractivity contribution is 9.10. The van der Waals surface area contributed by atoms with Crippen molar-refractivity contribution in [2.75, 3.05) is 5.75 Å². The number of rotatable bonds is 1. The van der Waals surface area contributed by atoms with Crippen LogP contribution in [0.25, 0.3) is 0 Å². The second kappa shape index (κ2) is 5.31. The molecule has 0 N–H and O–H groups in total. The van der Waals surface area contributed by atoms with Crippen LogP contribution >= 0.6 is 28.6 Å². The predicted molar refractivity (Wildman–Crippen MR) is 59.4 cm³/mol. The molecule has 1 aromatic rings. The lowest BCUT2D eigenvalue weighted by Gasteiger charge is -1.96. The van der Waals surface area contributed by atoms with E-state index in [1.54, 1.807) is 12.1 Å². The summed E-state index contributed by atoms with van der Waals surface area (Å²) in [6, 6.07) is 4.81. The van der Waals surface area contributed by atoms with Gasteiger partial charge in [0.1, 0.15) is 5.82 Å². The zero-order valence-electron chi connectivity index (χ0n) is 6.85. The van der Waals surface area contributed by atoms with Crippen LogP contribution < -0.4 is 0 Å². The Balaban J connectivity index is 2.95. The molecule has 0 heterocycles. The lowest BCUT2D eigenvalue weighted by atomic mass is 10.2. The number of hydrogen-bond acceptors (Lipinski definition) is 1. The third kappa shape index (κ3) is 3.06. The SMILES string of the molecule is Fc1cccc(Br)c1C#CCCS. The Morgan fingerprint density at radius 1 is 1.46 bits per heavy atom. The van der Waals surface area contributed by atoms with Crippen LogP contribution in [0.3, 0.4) is 0 Å². The van der Waals surface area contributed by atoms with Crippen molar-refractivity contribution in [2.45, 2.75) is 6.42 Å². The van der Waals surface area contributed by atoms with Gasteiger partial charge in [-0.2, -0.15) is 12.6 Å². The van der Waals surface area contributed by atoms with Crippen LogP contribution in [0.4, 0.5) is 4.39 Å². The summed E-state index contributed by atoms with van der Waals surface area (Å²) >= 11 is 7.25. The first-order valence-electron chi connectivity index (χ1n) is 3.79. The first kappa shape index (κ1) is 10.6. The molecule has 0 atom stereocenters. The van der Waals surface area contributed by atoms with Crippen molar-refractivity contribution >= 4 is 28.6 Å². The molecule has 0 spiro atoms. The van der Waals surface area contributed by atoms with Gasteiger partial charge in [-0.25, -0.2) is 4.39 Å². The molecule has 3 heteroatoms. The minimum atomic E-state index is -0.291. The first-order chi connectivity index (χ1) is 6.25. The highest BCUT2D eigenvalue weighted by atomic mass is 79.9. The van der Waals surface area contributed by atoms with Crippen molar-refractivity contribution in [3.05, 3.63) is 34.1 Å². The molecule has 0 amide bonds. The maximum absolute atomic E-state index is 13.1. The molecule has 0 unspecified atom stereocenters. The quantitative estimate of drug-likeness (QED) is 0.580. The minimum Gasteiger partial charge on any atom is -0.206 e. The molecule has 1 aromatic carbocycles. The van der Waals surface area contributed by atoms with Crippen molar-refractivity contribution in [2.24, 2.45) is 0 Å². The van der Waals surface area contributed by atoms with E-state index < -0.39 is 0 Å². The van der Waals surface area contributed by atoms with Crippen LogP contribution in [0.5, 0.6) is 0 Å². The zero-order valence-corrected chi connectivity index (χ0v) is 9.33. The maximum atomic E-state index is 13.1. The molecular formula is C10H8BrFS. The third-order valence-electron chi connectivity index (χ3n) is 1.41. The summed E-state index contributed by atoms with van der Waals surface area (Å²) in [6.07, 6.45) is 0.671. The van der Waals surface area contributed by atoms with Crippen LogP contribution in [-0.2, 0) is 0 Å². The second-order valence-electron chi connectivity index (χ2n) is 2.37. The Kier molecular flexibility index (Phi) is 4.34. The number of benzene rings is 1. The molecule has 13 heavy (non-hydrogen) atoms. The Morgan fingerprint density at radius 3 is 2.85 bits per heavy atom. The molecule has 0 aliphatic carbocycles. The van der Waals surface area contributed by atoms with Crippen molar-refractivity contribution in [1.82, 2.24) is 0 Å². The number of hydrogen-bond donors (Lipinski definition) is 1. The molecule has 0 nitrogen and oxygen atoms in total. The fourth-order valence-corrected chi connectivity index (χ4v) is 1.38. The summed E-state index contributed by atoms with van der Waals surface area (Å²) in [6.45, 7) is 0. The first-order valence-corrected chi connectivity index (χ1v) is 5.22. The van der Waals surface area contributed by atoms with E-state index in [1.807, 2.05) is 0 Å². The molecule has 0 fully saturated rings. The van der Waals surface area contributed by atoms with Crippen LogP contribution in [0, 0.1) is 17.7 Å². The lowest BCUT2D eigenvalue weighted by Crippen LogP contribution is -1.84. The molecule has 0 aliphatic heterocycles. The van der Waals surface area contributed by atoms with Gasteiger partial charge in [0.2, 0.25) is 0 Å². The van der Waals surface area contributed by atoms with E-state index in [2.05, 4.69) is 40.4 Å². The second-order valence-corrected chi connectivity index (χ2v) is 3.67. The van der Waals surface area contributed by atoms with E-state index in [-0.39, 0.29) is 5.82 Å². The molecule has 0 radical (unpaired) electrons. The van der Waals surface area contributed by atoms with Crippen LogP contribution in [0.1, 0.15) is 12.0 Å². The Hall–Kier alpha value is -0.460. The van der Waals surface area contributed by atoms with Crippen LogP contribution in [-0.4, -0.2) is 5.75 Å². The molecule has 68 valence electrons. The van der Waals surface area contributed by atoms with Crippen LogP contribution in [0.15, 0.2) is 22.7 Å². The Labute approximate surface area is 91.1 Å². The normalized spacial score (nSPS) is 9.15. The van der Waals surface area contributed by atoms with Gasteiger partial charge in [0.05, 0.1) is 5.56 Å². The molecule has 1 rings (SSSR count). The summed E-state index contributed by atoms with van der Waals surface area (Å²) in [5, 5.41) is 0. The average molecular weight is 259 g/mol. The average Bonchev–Trinajstić information content (AvgIpc) is 2.10. The zero-order chi connectivity index (χ0) is 9.68. The van der Waals surface area contributed by atoms with Gasteiger partial charge in [-0.05, 0) is 28.1 Å². The fourth-order valence-electron chi connectivity index (χ4n) is 0.824. The highest BCUT2D eigenvalue weighted by Crippen LogP contribution is 2.18. The maximum Gasteiger partial charge on any atom is 0.139 e. The fraction of sp³-hybridized carbons (Fsp3) is 0.200. The molecule has 0 saturated heterocycles. The summed E-state index contributed by atoms with van der Waals surface area (Å²) in [5.41, 5.74) is 0.421.